The Bertz CT molecular complexity index is 455. The fraction of sp³-hybridized carbons (Fsp3) is 0.533. The summed E-state index contributed by atoms with van der Waals surface area (Å²) < 4.78 is 6.33. The van der Waals surface area contributed by atoms with Crippen LogP contribution in [0.4, 0.5) is 0 Å². The minimum absolute atomic E-state index is 0.0118. The van der Waals surface area contributed by atoms with Crippen LogP contribution in [0.2, 0.25) is 0 Å². The van der Waals surface area contributed by atoms with Crippen molar-refractivity contribution in [3.05, 3.63) is 33.8 Å². The van der Waals surface area contributed by atoms with Crippen LogP contribution in [0.3, 0.4) is 0 Å². The van der Waals surface area contributed by atoms with Crippen molar-refractivity contribution in [3.8, 4) is 0 Å². The van der Waals surface area contributed by atoms with Crippen molar-refractivity contribution in [1.82, 2.24) is 5.32 Å². The molecule has 1 aliphatic rings. The SMILES string of the molecule is Cc1c(Br)cccc1C(=O)NC(C)C1CCOCC1. The van der Waals surface area contributed by atoms with Gasteiger partial charge in [-0.25, -0.2) is 0 Å². The zero-order chi connectivity index (χ0) is 13.8. The first-order valence-electron chi connectivity index (χ1n) is 6.73. The number of nitrogens with one attached hydrogen (secondary N) is 1. The van der Waals surface area contributed by atoms with Gasteiger partial charge in [0.15, 0.2) is 0 Å². The number of ether oxygens (including phenoxy) is 1. The number of hydrogen-bond acceptors (Lipinski definition) is 2. The van der Waals surface area contributed by atoms with Gasteiger partial charge in [-0.2, -0.15) is 0 Å². The Labute approximate surface area is 122 Å². The lowest BCUT2D eigenvalue weighted by Gasteiger charge is -2.28. The molecular weight excluding hydrogens is 306 g/mol. The molecule has 2 rings (SSSR count). The van der Waals surface area contributed by atoms with E-state index in [0.717, 1.165) is 41.7 Å². The predicted octanol–water partition coefficient (Wildman–Crippen LogP) is 3.30. The minimum atomic E-state index is 0.0118. The summed E-state index contributed by atoms with van der Waals surface area (Å²) in [7, 11) is 0. The molecule has 1 aromatic rings. The van der Waals surface area contributed by atoms with Gasteiger partial charge in [0.25, 0.3) is 5.91 Å². The van der Waals surface area contributed by atoms with Crippen LogP contribution in [0.25, 0.3) is 0 Å². The third-order valence-corrected chi connectivity index (χ3v) is 4.70. The van der Waals surface area contributed by atoms with Gasteiger partial charge in [-0.15, -0.1) is 0 Å². The maximum absolute atomic E-state index is 12.3. The Morgan fingerprint density at radius 1 is 1.42 bits per heavy atom. The van der Waals surface area contributed by atoms with E-state index in [2.05, 4.69) is 28.2 Å². The molecule has 1 aliphatic heterocycles. The molecule has 0 bridgehead atoms. The second kappa shape index (κ2) is 6.53. The van der Waals surface area contributed by atoms with Gasteiger partial charge in [-0.05, 0) is 50.3 Å². The van der Waals surface area contributed by atoms with Crippen LogP contribution >= 0.6 is 15.9 Å². The summed E-state index contributed by atoms with van der Waals surface area (Å²) in [5, 5.41) is 3.12. The molecule has 104 valence electrons. The van der Waals surface area contributed by atoms with Crippen molar-refractivity contribution >= 4 is 21.8 Å². The van der Waals surface area contributed by atoms with Crippen LogP contribution < -0.4 is 5.32 Å². The lowest BCUT2D eigenvalue weighted by molar-refractivity contribution is 0.0538. The van der Waals surface area contributed by atoms with Gasteiger partial charge in [0.2, 0.25) is 0 Å². The van der Waals surface area contributed by atoms with E-state index in [-0.39, 0.29) is 11.9 Å². The van der Waals surface area contributed by atoms with Crippen LogP contribution in [0.15, 0.2) is 22.7 Å². The summed E-state index contributed by atoms with van der Waals surface area (Å²) in [4.78, 5) is 12.3. The molecule has 0 spiro atoms. The highest BCUT2D eigenvalue weighted by molar-refractivity contribution is 9.10. The second-order valence-electron chi connectivity index (χ2n) is 5.12. The molecule has 0 aromatic heterocycles. The third-order valence-electron chi connectivity index (χ3n) is 3.84. The lowest BCUT2D eigenvalue weighted by Crippen LogP contribution is -2.40. The average Bonchev–Trinajstić information content (AvgIpc) is 2.42. The van der Waals surface area contributed by atoms with Gasteiger partial charge in [0.05, 0.1) is 0 Å². The van der Waals surface area contributed by atoms with E-state index in [1.165, 1.54) is 0 Å². The molecule has 1 amide bonds. The Hall–Kier alpha value is -0.870. The molecular formula is C15H20BrNO2. The van der Waals surface area contributed by atoms with Gasteiger partial charge >= 0.3 is 0 Å². The second-order valence-corrected chi connectivity index (χ2v) is 5.98. The number of carbonyl (C=O) groups is 1. The van der Waals surface area contributed by atoms with E-state index >= 15 is 0 Å². The maximum Gasteiger partial charge on any atom is 0.251 e. The van der Waals surface area contributed by atoms with E-state index in [1.807, 2.05) is 25.1 Å². The summed E-state index contributed by atoms with van der Waals surface area (Å²) >= 11 is 3.46. The third kappa shape index (κ3) is 3.57. The fourth-order valence-electron chi connectivity index (χ4n) is 2.47. The van der Waals surface area contributed by atoms with E-state index in [4.69, 9.17) is 4.74 Å². The number of rotatable bonds is 3. The van der Waals surface area contributed by atoms with Crippen molar-refractivity contribution in [2.45, 2.75) is 32.7 Å². The minimum Gasteiger partial charge on any atom is -0.381 e. The zero-order valence-corrected chi connectivity index (χ0v) is 13.0. The standard InChI is InChI=1S/C15H20BrNO2/c1-10-13(4-3-5-14(10)16)15(18)17-11(2)12-6-8-19-9-7-12/h3-5,11-12H,6-9H2,1-2H3,(H,17,18). The Kier molecular flexibility index (Phi) is 4.99. The van der Waals surface area contributed by atoms with E-state index in [1.54, 1.807) is 0 Å². The summed E-state index contributed by atoms with van der Waals surface area (Å²) in [5.41, 5.74) is 1.73. The van der Waals surface area contributed by atoms with Crippen LogP contribution in [-0.2, 0) is 4.74 Å². The van der Waals surface area contributed by atoms with Crippen LogP contribution in [0.5, 0.6) is 0 Å². The molecule has 1 atom stereocenters. The van der Waals surface area contributed by atoms with Crippen LogP contribution in [0, 0.1) is 12.8 Å². The van der Waals surface area contributed by atoms with Gasteiger partial charge in [-0.1, -0.05) is 22.0 Å². The van der Waals surface area contributed by atoms with Crippen molar-refractivity contribution in [2.24, 2.45) is 5.92 Å². The first-order chi connectivity index (χ1) is 9.09. The quantitative estimate of drug-likeness (QED) is 0.925. The molecule has 4 heteroatoms. The molecule has 1 saturated heterocycles. The lowest BCUT2D eigenvalue weighted by atomic mass is 9.92. The molecule has 1 aromatic carbocycles. The molecule has 1 heterocycles. The van der Waals surface area contributed by atoms with E-state index < -0.39 is 0 Å². The topological polar surface area (TPSA) is 38.3 Å². The van der Waals surface area contributed by atoms with Crippen molar-refractivity contribution in [3.63, 3.8) is 0 Å². The number of halogens is 1. The summed E-state index contributed by atoms with van der Waals surface area (Å²) in [6.45, 7) is 5.65. The highest BCUT2D eigenvalue weighted by atomic mass is 79.9. The van der Waals surface area contributed by atoms with Gasteiger partial charge in [-0.3, -0.25) is 4.79 Å². The van der Waals surface area contributed by atoms with Gasteiger partial charge in [0, 0.05) is 29.3 Å². The van der Waals surface area contributed by atoms with Crippen molar-refractivity contribution in [2.75, 3.05) is 13.2 Å². The largest absolute Gasteiger partial charge is 0.381 e. The fourth-order valence-corrected chi connectivity index (χ4v) is 2.84. The Morgan fingerprint density at radius 3 is 2.79 bits per heavy atom. The smallest absolute Gasteiger partial charge is 0.251 e. The molecule has 3 nitrogen and oxygen atoms in total. The van der Waals surface area contributed by atoms with E-state index in [0.29, 0.717) is 5.92 Å². The summed E-state index contributed by atoms with van der Waals surface area (Å²) in [5.74, 6) is 0.531. The monoisotopic (exact) mass is 325 g/mol. The highest BCUT2D eigenvalue weighted by Crippen LogP contribution is 2.21. The maximum atomic E-state index is 12.3. The predicted molar refractivity (Wildman–Crippen MR) is 79.4 cm³/mol. The first kappa shape index (κ1) is 14.5. The van der Waals surface area contributed by atoms with Crippen LogP contribution in [-0.4, -0.2) is 25.2 Å². The summed E-state index contributed by atoms with van der Waals surface area (Å²) in [6.07, 6.45) is 2.05. The van der Waals surface area contributed by atoms with E-state index in [9.17, 15) is 4.79 Å². The van der Waals surface area contributed by atoms with Gasteiger partial charge < -0.3 is 10.1 Å². The zero-order valence-electron chi connectivity index (χ0n) is 11.4. The number of benzene rings is 1. The highest BCUT2D eigenvalue weighted by Gasteiger charge is 2.22. The van der Waals surface area contributed by atoms with Gasteiger partial charge in [0.1, 0.15) is 0 Å². The summed E-state index contributed by atoms with van der Waals surface area (Å²) in [6, 6.07) is 5.90. The number of carbonyl (C=O) groups excluding carboxylic acids is 1. The Morgan fingerprint density at radius 2 is 2.11 bits per heavy atom. The first-order valence-corrected chi connectivity index (χ1v) is 7.52. The van der Waals surface area contributed by atoms with Crippen LogP contribution in [0.1, 0.15) is 35.7 Å². The number of amides is 1. The number of hydrogen-bond donors (Lipinski definition) is 1. The molecule has 0 aliphatic carbocycles. The average molecular weight is 326 g/mol. The molecule has 0 saturated carbocycles. The van der Waals surface area contributed by atoms with Crippen molar-refractivity contribution < 1.29 is 9.53 Å². The Balaban J connectivity index is 2.02. The van der Waals surface area contributed by atoms with Crippen molar-refractivity contribution in [1.29, 1.82) is 0 Å². The molecule has 1 unspecified atom stereocenters. The molecule has 0 radical (unpaired) electrons. The normalized spacial score (nSPS) is 18.1. The molecule has 1 N–H and O–H groups in total. The molecule has 19 heavy (non-hydrogen) atoms. The molecule has 1 fully saturated rings.